The molecule has 2 heterocycles. The third kappa shape index (κ3) is 3.26. The summed E-state index contributed by atoms with van der Waals surface area (Å²) >= 11 is 1.35. The van der Waals surface area contributed by atoms with Gasteiger partial charge < -0.3 is 8.83 Å². The van der Waals surface area contributed by atoms with Crippen LogP contribution in [0.5, 0.6) is 0 Å². The molecule has 0 radical (unpaired) electrons. The Morgan fingerprint density at radius 3 is 2.83 bits per heavy atom. The second kappa shape index (κ2) is 6.25. The van der Waals surface area contributed by atoms with Crippen LogP contribution < -0.4 is 0 Å². The molecule has 1 atom stereocenters. The predicted molar refractivity (Wildman–Crippen MR) is 84.1 cm³/mol. The summed E-state index contributed by atoms with van der Waals surface area (Å²) in [6.45, 7) is 3.74. The topological polar surface area (TPSA) is 95.2 Å². The van der Waals surface area contributed by atoms with Crippen molar-refractivity contribution >= 4 is 17.4 Å². The van der Waals surface area contributed by atoms with Crippen molar-refractivity contribution in [1.82, 2.24) is 10.2 Å². The average Bonchev–Trinajstić information content (AvgIpc) is 3.16. The van der Waals surface area contributed by atoms with Gasteiger partial charge in [0, 0.05) is 17.4 Å². The maximum Gasteiger partial charge on any atom is 0.277 e. The summed E-state index contributed by atoms with van der Waals surface area (Å²) in [5, 5.41) is 19.2. The molecule has 0 N–H and O–H groups in total. The van der Waals surface area contributed by atoms with Crippen LogP contribution in [0.1, 0.15) is 23.5 Å². The van der Waals surface area contributed by atoms with Crippen LogP contribution >= 0.6 is 11.8 Å². The van der Waals surface area contributed by atoms with E-state index in [0.29, 0.717) is 16.9 Å². The van der Waals surface area contributed by atoms with Gasteiger partial charge in [-0.15, -0.1) is 10.2 Å². The quantitative estimate of drug-likeness (QED) is 0.388. The lowest BCUT2D eigenvalue weighted by atomic mass is 10.1. The van der Waals surface area contributed by atoms with Crippen molar-refractivity contribution in [3.05, 3.63) is 58.0 Å². The van der Waals surface area contributed by atoms with Crippen LogP contribution in [-0.4, -0.2) is 15.1 Å². The highest BCUT2D eigenvalue weighted by Crippen LogP contribution is 2.36. The molecule has 8 heteroatoms. The number of nitro groups is 1. The summed E-state index contributed by atoms with van der Waals surface area (Å²) in [7, 11) is 0. The fourth-order valence-corrected chi connectivity index (χ4v) is 2.88. The molecular weight excluding hydrogens is 318 g/mol. The molecule has 3 aromatic rings. The Balaban J connectivity index is 1.77. The molecule has 2 aromatic heterocycles. The summed E-state index contributed by atoms with van der Waals surface area (Å²) in [5.41, 5.74) is 1.64. The fourth-order valence-electron chi connectivity index (χ4n) is 2.08. The first kappa shape index (κ1) is 15.3. The number of thioether (sulfide) groups is 1. The van der Waals surface area contributed by atoms with Crippen LogP contribution in [0.3, 0.4) is 0 Å². The molecule has 0 saturated heterocycles. The monoisotopic (exact) mass is 331 g/mol. The number of furan rings is 1. The van der Waals surface area contributed by atoms with E-state index >= 15 is 0 Å². The Hall–Kier alpha value is -2.61. The molecule has 23 heavy (non-hydrogen) atoms. The number of hydrogen-bond donors (Lipinski definition) is 0. The highest BCUT2D eigenvalue weighted by atomic mass is 32.2. The molecule has 118 valence electrons. The van der Waals surface area contributed by atoms with Gasteiger partial charge in [-0.25, -0.2) is 0 Å². The molecule has 0 bridgehead atoms. The van der Waals surface area contributed by atoms with E-state index in [-0.39, 0.29) is 10.9 Å². The Bertz CT molecular complexity index is 843. The van der Waals surface area contributed by atoms with Crippen molar-refractivity contribution < 1.29 is 13.8 Å². The van der Waals surface area contributed by atoms with Gasteiger partial charge in [-0.2, -0.15) is 0 Å². The van der Waals surface area contributed by atoms with Gasteiger partial charge in [-0.3, -0.25) is 10.1 Å². The SMILES string of the molecule is Cc1occc1-c1nnc(S[C@@H](C)c2cccc([N+](=O)[O-])c2)o1. The summed E-state index contributed by atoms with van der Waals surface area (Å²) in [5.74, 6) is 1.10. The van der Waals surface area contributed by atoms with Crippen LogP contribution in [0.2, 0.25) is 0 Å². The van der Waals surface area contributed by atoms with Gasteiger partial charge in [-0.05, 0) is 25.5 Å². The number of aryl methyl sites for hydroxylation is 1. The van der Waals surface area contributed by atoms with Gasteiger partial charge in [0.2, 0.25) is 0 Å². The van der Waals surface area contributed by atoms with Crippen LogP contribution in [-0.2, 0) is 0 Å². The Labute approximate surface area is 135 Å². The standard InChI is InChI=1S/C15H13N3O4S/c1-9-13(6-7-21-9)14-16-17-15(22-14)23-10(2)11-4-3-5-12(8-11)18(19)20/h3-8,10H,1-2H3/t10-/m0/s1. The highest BCUT2D eigenvalue weighted by molar-refractivity contribution is 7.99. The van der Waals surface area contributed by atoms with Crippen molar-refractivity contribution in [3.8, 4) is 11.5 Å². The van der Waals surface area contributed by atoms with Crippen LogP contribution in [0, 0.1) is 17.0 Å². The maximum atomic E-state index is 10.8. The second-order valence-corrected chi connectivity index (χ2v) is 6.17. The van der Waals surface area contributed by atoms with E-state index < -0.39 is 4.92 Å². The molecule has 0 fully saturated rings. The lowest BCUT2D eigenvalue weighted by Gasteiger charge is -2.08. The molecular formula is C15H13N3O4S. The van der Waals surface area contributed by atoms with Crippen LogP contribution in [0.25, 0.3) is 11.5 Å². The Morgan fingerprint density at radius 1 is 1.30 bits per heavy atom. The Kier molecular flexibility index (Phi) is 4.16. The van der Waals surface area contributed by atoms with E-state index in [1.54, 1.807) is 24.5 Å². The van der Waals surface area contributed by atoms with Crippen LogP contribution in [0.4, 0.5) is 5.69 Å². The number of nitro benzene ring substituents is 1. The smallest absolute Gasteiger partial charge is 0.277 e. The average molecular weight is 331 g/mol. The third-order valence-electron chi connectivity index (χ3n) is 3.32. The zero-order chi connectivity index (χ0) is 16.4. The van der Waals surface area contributed by atoms with Crippen LogP contribution in [0.15, 0.2) is 50.7 Å². The molecule has 0 unspecified atom stereocenters. The third-order valence-corrected chi connectivity index (χ3v) is 4.32. The summed E-state index contributed by atoms with van der Waals surface area (Å²) in [6.07, 6.45) is 1.56. The van der Waals surface area contributed by atoms with E-state index in [9.17, 15) is 10.1 Å². The molecule has 7 nitrogen and oxygen atoms in total. The lowest BCUT2D eigenvalue weighted by molar-refractivity contribution is -0.384. The number of hydrogen-bond acceptors (Lipinski definition) is 7. The number of aromatic nitrogens is 2. The molecule has 0 spiro atoms. The fraction of sp³-hybridized carbons (Fsp3) is 0.200. The number of rotatable bonds is 5. The molecule has 0 aliphatic rings. The van der Waals surface area contributed by atoms with Crippen molar-refractivity contribution in [2.75, 3.05) is 0 Å². The van der Waals surface area contributed by atoms with Crippen molar-refractivity contribution in [3.63, 3.8) is 0 Å². The van der Waals surface area contributed by atoms with Gasteiger partial charge >= 0.3 is 0 Å². The zero-order valence-corrected chi connectivity index (χ0v) is 13.2. The number of non-ortho nitro benzene ring substituents is 1. The highest BCUT2D eigenvalue weighted by Gasteiger charge is 2.17. The first-order valence-electron chi connectivity index (χ1n) is 6.83. The first-order valence-corrected chi connectivity index (χ1v) is 7.71. The number of nitrogens with zero attached hydrogens (tertiary/aromatic N) is 3. The first-order chi connectivity index (χ1) is 11.0. The van der Waals surface area contributed by atoms with E-state index in [1.165, 1.54) is 17.8 Å². The summed E-state index contributed by atoms with van der Waals surface area (Å²) in [4.78, 5) is 10.4. The van der Waals surface area contributed by atoms with Crippen molar-refractivity contribution in [1.29, 1.82) is 0 Å². The van der Waals surface area contributed by atoms with E-state index in [1.807, 2.05) is 19.9 Å². The molecule has 1 aromatic carbocycles. The van der Waals surface area contributed by atoms with Gasteiger partial charge in [0.05, 0.1) is 16.7 Å². The zero-order valence-electron chi connectivity index (χ0n) is 12.4. The molecule has 3 rings (SSSR count). The minimum atomic E-state index is -0.409. The lowest BCUT2D eigenvalue weighted by Crippen LogP contribution is -1.92. The van der Waals surface area contributed by atoms with Gasteiger partial charge in [0.15, 0.2) is 0 Å². The normalized spacial score (nSPS) is 12.3. The van der Waals surface area contributed by atoms with Gasteiger partial charge in [0.1, 0.15) is 5.76 Å². The van der Waals surface area contributed by atoms with Crippen molar-refractivity contribution in [2.24, 2.45) is 0 Å². The molecule has 0 amide bonds. The van der Waals surface area contributed by atoms with E-state index in [0.717, 1.165) is 11.1 Å². The van der Waals surface area contributed by atoms with Crippen molar-refractivity contribution in [2.45, 2.75) is 24.3 Å². The number of benzene rings is 1. The Morgan fingerprint density at radius 2 is 2.13 bits per heavy atom. The minimum Gasteiger partial charge on any atom is -0.469 e. The van der Waals surface area contributed by atoms with Gasteiger partial charge in [-0.1, -0.05) is 23.9 Å². The minimum absolute atomic E-state index is 0.0614. The maximum absolute atomic E-state index is 10.8. The second-order valence-electron chi connectivity index (χ2n) is 4.88. The molecule has 0 aliphatic heterocycles. The summed E-state index contributed by atoms with van der Waals surface area (Å²) in [6, 6.07) is 8.28. The van der Waals surface area contributed by atoms with E-state index in [4.69, 9.17) is 8.83 Å². The summed E-state index contributed by atoms with van der Waals surface area (Å²) < 4.78 is 10.8. The largest absolute Gasteiger partial charge is 0.469 e. The molecule has 0 aliphatic carbocycles. The van der Waals surface area contributed by atoms with E-state index in [2.05, 4.69) is 10.2 Å². The van der Waals surface area contributed by atoms with Gasteiger partial charge in [0.25, 0.3) is 16.8 Å². The predicted octanol–water partition coefficient (Wildman–Crippen LogP) is 4.40. The molecule has 0 saturated carbocycles.